The Hall–Kier alpha value is -1.55. The van der Waals surface area contributed by atoms with Crippen molar-refractivity contribution in [1.29, 1.82) is 0 Å². The van der Waals surface area contributed by atoms with E-state index in [0.29, 0.717) is 6.54 Å². The van der Waals surface area contributed by atoms with Crippen molar-refractivity contribution in [3.63, 3.8) is 0 Å². The van der Waals surface area contributed by atoms with Crippen molar-refractivity contribution in [2.45, 2.75) is 46.3 Å². The number of hydrogen-bond donors (Lipinski definition) is 2. The van der Waals surface area contributed by atoms with Gasteiger partial charge >= 0.3 is 0 Å². The van der Waals surface area contributed by atoms with E-state index in [1.165, 1.54) is 0 Å². The zero-order chi connectivity index (χ0) is 15.0. The van der Waals surface area contributed by atoms with Crippen LogP contribution in [0.1, 0.15) is 45.7 Å². The van der Waals surface area contributed by atoms with Gasteiger partial charge in [0.15, 0.2) is 6.10 Å². The van der Waals surface area contributed by atoms with Crippen molar-refractivity contribution in [1.82, 2.24) is 10.6 Å². The van der Waals surface area contributed by atoms with Gasteiger partial charge in [0.25, 0.3) is 5.91 Å². The summed E-state index contributed by atoms with van der Waals surface area (Å²) < 4.78 is 5.70. The second-order valence-corrected chi connectivity index (χ2v) is 4.90. The third-order valence-electron chi connectivity index (χ3n) is 3.10. The number of amides is 1. The van der Waals surface area contributed by atoms with Crippen LogP contribution in [-0.2, 0) is 4.79 Å². The summed E-state index contributed by atoms with van der Waals surface area (Å²) in [6, 6.07) is 8.15. The Kier molecular flexibility index (Phi) is 7.09. The van der Waals surface area contributed by atoms with Gasteiger partial charge in [0, 0.05) is 12.6 Å². The molecule has 0 aliphatic carbocycles. The van der Waals surface area contributed by atoms with E-state index in [0.717, 1.165) is 24.3 Å². The van der Waals surface area contributed by atoms with Crippen LogP contribution in [0, 0.1) is 0 Å². The summed E-state index contributed by atoms with van der Waals surface area (Å²) >= 11 is 0. The first-order chi connectivity index (χ1) is 9.58. The van der Waals surface area contributed by atoms with Gasteiger partial charge in [-0.25, -0.2) is 0 Å². The molecule has 0 saturated carbocycles. The van der Waals surface area contributed by atoms with Crippen molar-refractivity contribution in [3.8, 4) is 5.75 Å². The number of carbonyl (C=O) groups excluding carboxylic acids is 1. The predicted molar refractivity (Wildman–Crippen MR) is 81.9 cm³/mol. The van der Waals surface area contributed by atoms with Crippen molar-refractivity contribution < 1.29 is 9.53 Å². The average Bonchev–Trinajstić information content (AvgIpc) is 2.45. The molecule has 0 spiro atoms. The molecule has 0 aliphatic heterocycles. The lowest BCUT2D eigenvalue weighted by atomic mass is 10.1. The Bertz CT molecular complexity index is 421. The molecule has 2 atom stereocenters. The number of carbonyl (C=O) groups is 1. The Morgan fingerprint density at radius 3 is 2.70 bits per heavy atom. The maximum Gasteiger partial charge on any atom is 0.260 e. The predicted octanol–water partition coefficient (Wildman–Crippen LogP) is 2.65. The minimum Gasteiger partial charge on any atom is -0.481 e. The van der Waals surface area contributed by atoms with E-state index < -0.39 is 6.10 Å². The van der Waals surface area contributed by atoms with Gasteiger partial charge < -0.3 is 15.4 Å². The zero-order valence-electron chi connectivity index (χ0n) is 12.9. The highest BCUT2D eigenvalue weighted by Crippen LogP contribution is 2.20. The second kappa shape index (κ2) is 8.59. The van der Waals surface area contributed by atoms with E-state index in [9.17, 15) is 4.79 Å². The molecule has 1 amide bonds. The van der Waals surface area contributed by atoms with Gasteiger partial charge in [-0.05, 0) is 44.5 Å². The largest absolute Gasteiger partial charge is 0.481 e. The standard InChI is InChI=1S/C16H26N2O2/c1-5-10-18-16(19)13(4)20-15-9-7-8-14(11-15)12(3)17-6-2/h7-9,11-13,17H,5-6,10H2,1-4H3,(H,18,19). The molecule has 0 aliphatic rings. The van der Waals surface area contributed by atoms with Gasteiger partial charge in [0.2, 0.25) is 0 Å². The van der Waals surface area contributed by atoms with Gasteiger partial charge in [-0.3, -0.25) is 4.79 Å². The highest BCUT2D eigenvalue weighted by atomic mass is 16.5. The highest BCUT2D eigenvalue weighted by Gasteiger charge is 2.14. The quantitative estimate of drug-likeness (QED) is 0.768. The van der Waals surface area contributed by atoms with Crippen LogP contribution in [0.5, 0.6) is 5.75 Å². The first kappa shape index (κ1) is 16.5. The molecule has 4 nitrogen and oxygen atoms in total. The molecule has 2 N–H and O–H groups in total. The van der Waals surface area contributed by atoms with Gasteiger partial charge in [-0.2, -0.15) is 0 Å². The molecule has 0 aromatic heterocycles. The Labute approximate surface area is 121 Å². The molecule has 112 valence electrons. The Morgan fingerprint density at radius 1 is 1.30 bits per heavy atom. The van der Waals surface area contributed by atoms with E-state index >= 15 is 0 Å². The number of nitrogens with one attached hydrogen (secondary N) is 2. The molecule has 20 heavy (non-hydrogen) atoms. The number of benzene rings is 1. The lowest BCUT2D eigenvalue weighted by Crippen LogP contribution is -2.36. The van der Waals surface area contributed by atoms with Crippen LogP contribution in [0.3, 0.4) is 0 Å². The minimum atomic E-state index is -0.480. The normalized spacial score (nSPS) is 13.6. The van der Waals surface area contributed by atoms with Crippen LogP contribution < -0.4 is 15.4 Å². The van der Waals surface area contributed by atoms with Crippen LogP contribution in [0.2, 0.25) is 0 Å². The van der Waals surface area contributed by atoms with Crippen molar-refractivity contribution in [2.75, 3.05) is 13.1 Å². The molecule has 4 heteroatoms. The number of rotatable bonds is 8. The van der Waals surface area contributed by atoms with E-state index in [2.05, 4.69) is 30.5 Å². The fourth-order valence-electron chi connectivity index (χ4n) is 1.93. The topological polar surface area (TPSA) is 50.4 Å². The molecular weight excluding hydrogens is 252 g/mol. The minimum absolute atomic E-state index is 0.0722. The third-order valence-corrected chi connectivity index (χ3v) is 3.10. The first-order valence-electron chi connectivity index (χ1n) is 7.36. The summed E-state index contributed by atoms with van der Waals surface area (Å²) in [5.74, 6) is 0.656. The summed E-state index contributed by atoms with van der Waals surface area (Å²) in [7, 11) is 0. The average molecular weight is 278 g/mol. The summed E-state index contributed by atoms with van der Waals surface area (Å²) in [4.78, 5) is 11.8. The van der Waals surface area contributed by atoms with Crippen LogP contribution in [0.25, 0.3) is 0 Å². The molecule has 1 aromatic carbocycles. The molecular formula is C16H26N2O2. The zero-order valence-corrected chi connectivity index (χ0v) is 12.9. The van der Waals surface area contributed by atoms with E-state index in [1.807, 2.05) is 25.1 Å². The van der Waals surface area contributed by atoms with Gasteiger partial charge in [0.05, 0.1) is 0 Å². The molecule has 2 unspecified atom stereocenters. The number of ether oxygens (including phenoxy) is 1. The van der Waals surface area contributed by atoms with Crippen LogP contribution in [-0.4, -0.2) is 25.1 Å². The lowest BCUT2D eigenvalue weighted by Gasteiger charge is -2.17. The maximum atomic E-state index is 11.8. The Morgan fingerprint density at radius 2 is 2.05 bits per heavy atom. The van der Waals surface area contributed by atoms with E-state index in [1.54, 1.807) is 6.92 Å². The molecule has 0 saturated heterocycles. The summed E-state index contributed by atoms with van der Waals surface area (Å²) in [6.07, 6.45) is 0.444. The molecule has 0 heterocycles. The van der Waals surface area contributed by atoms with Gasteiger partial charge in [0.1, 0.15) is 5.75 Å². The third kappa shape index (κ3) is 5.21. The molecule has 0 radical (unpaired) electrons. The molecule has 0 bridgehead atoms. The smallest absolute Gasteiger partial charge is 0.260 e. The summed E-state index contributed by atoms with van der Waals surface area (Å²) in [5, 5.41) is 6.19. The summed E-state index contributed by atoms with van der Waals surface area (Å²) in [5.41, 5.74) is 1.16. The van der Waals surface area contributed by atoms with Gasteiger partial charge in [-0.1, -0.05) is 26.0 Å². The van der Waals surface area contributed by atoms with E-state index in [4.69, 9.17) is 4.74 Å². The lowest BCUT2D eigenvalue weighted by molar-refractivity contribution is -0.127. The molecule has 1 aromatic rings. The van der Waals surface area contributed by atoms with Crippen molar-refractivity contribution in [2.24, 2.45) is 0 Å². The number of hydrogen-bond acceptors (Lipinski definition) is 3. The first-order valence-corrected chi connectivity index (χ1v) is 7.36. The van der Waals surface area contributed by atoms with Crippen LogP contribution in [0.15, 0.2) is 24.3 Å². The molecule has 1 rings (SSSR count). The fourth-order valence-corrected chi connectivity index (χ4v) is 1.93. The summed E-state index contributed by atoms with van der Waals surface area (Å²) in [6.45, 7) is 9.59. The van der Waals surface area contributed by atoms with Crippen LogP contribution in [0.4, 0.5) is 0 Å². The molecule has 0 fully saturated rings. The SMILES string of the molecule is CCCNC(=O)C(C)Oc1cccc(C(C)NCC)c1. The maximum absolute atomic E-state index is 11.8. The van der Waals surface area contributed by atoms with Crippen molar-refractivity contribution >= 4 is 5.91 Å². The monoisotopic (exact) mass is 278 g/mol. The fraction of sp³-hybridized carbons (Fsp3) is 0.562. The second-order valence-electron chi connectivity index (χ2n) is 4.90. The Balaban J connectivity index is 2.63. The van der Waals surface area contributed by atoms with Crippen LogP contribution >= 0.6 is 0 Å². The van der Waals surface area contributed by atoms with E-state index in [-0.39, 0.29) is 11.9 Å². The van der Waals surface area contributed by atoms with Gasteiger partial charge in [-0.15, -0.1) is 0 Å². The highest BCUT2D eigenvalue weighted by molar-refractivity contribution is 5.80. The van der Waals surface area contributed by atoms with Crippen molar-refractivity contribution in [3.05, 3.63) is 29.8 Å².